The molecule has 34 heavy (non-hydrogen) atoms. The molecule has 1 saturated carbocycles. The minimum absolute atomic E-state index is 0.0458. The standard InChI is InChI=1S/C26H35N5O3/c1-29(2)12-5-7-25(32)30-13-4-6-22(18-30)31(17-19-8-9-19)23-14-21(16-28-26(23)33)20-10-11-27-24(15-20)34-3/h5,7,10-11,14-16,19,22H,4,6,8-9,12-13,17-18H2,1-3H3,(H,28,33)/b7-5+. The van der Waals surface area contributed by atoms with Crippen LogP contribution in [0.25, 0.3) is 11.1 Å². The summed E-state index contributed by atoms with van der Waals surface area (Å²) >= 11 is 0. The van der Waals surface area contributed by atoms with Crippen LogP contribution in [0.4, 0.5) is 5.69 Å². The van der Waals surface area contributed by atoms with Crippen LogP contribution < -0.4 is 15.2 Å². The van der Waals surface area contributed by atoms with Gasteiger partial charge in [-0.2, -0.15) is 0 Å². The van der Waals surface area contributed by atoms with E-state index < -0.39 is 0 Å². The number of H-pyrrole nitrogens is 1. The second kappa shape index (κ2) is 10.9. The van der Waals surface area contributed by atoms with Crippen molar-refractivity contribution in [2.75, 3.05) is 52.3 Å². The maximum atomic E-state index is 13.0. The highest BCUT2D eigenvalue weighted by atomic mass is 16.5. The van der Waals surface area contributed by atoms with Crippen LogP contribution in [-0.2, 0) is 4.79 Å². The quantitative estimate of drug-likeness (QED) is 0.574. The number of aromatic nitrogens is 2. The molecule has 1 N–H and O–H groups in total. The van der Waals surface area contributed by atoms with E-state index in [1.807, 2.05) is 48.2 Å². The number of rotatable bonds is 9. The van der Waals surface area contributed by atoms with Crippen molar-refractivity contribution in [2.24, 2.45) is 5.92 Å². The number of nitrogens with one attached hydrogen (secondary N) is 1. The average molecular weight is 466 g/mol. The van der Waals surface area contributed by atoms with Crippen LogP contribution in [0.1, 0.15) is 25.7 Å². The fourth-order valence-electron chi connectivity index (χ4n) is 4.45. The van der Waals surface area contributed by atoms with Gasteiger partial charge in [0.15, 0.2) is 0 Å². The van der Waals surface area contributed by atoms with Crippen molar-refractivity contribution < 1.29 is 9.53 Å². The molecule has 8 nitrogen and oxygen atoms in total. The van der Waals surface area contributed by atoms with E-state index >= 15 is 0 Å². The van der Waals surface area contributed by atoms with Crippen molar-refractivity contribution in [2.45, 2.75) is 31.7 Å². The average Bonchev–Trinajstić information content (AvgIpc) is 3.67. The van der Waals surface area contributed by atoms with Gasteiger partial charge in [-0.25, -0.2) is 4.98 Å². The Kier molecular flexibility index (Phi) is 7.67. The van der Waals surface area contributed by atoms with Gasteiger partial charge in [0.2, 0.25) is 11.8 Å². The van der Waals surface area contributed by atoms with Crippen LogP contribution in [-0.4, -0.2) is 79.1 Å². The first-order valence-electron chi connectivity index (χ1n) is 12.0. The Morgan fingerprint density at radius 2 is 2.09 bits per heavy atom. The molecule has 4 rings (SSSR count). The molecule has 0 spiro atoms. The molecule has 2 aromatic heterocycles. The minimum Gasteiger partial charge on any atom is -0.481 e. The number of ether oxygens (including phenoxy) is 1. The molecule has 182 valence electrons. The maximum absolute atomic E-state index is 13.0. The molecule has 2 aromatic rings. The van der Waals surface area contributed by atoms with E-state index in [0.29, 0.717) is 24.0 Å². The van der Waals surface area contributed by atoms with Gasteiger partial charge in [-0.3, -0.25) is 9.59 Å². The molecule has 0 aromatic carbocycles. The molecule has 0 radical (unpaired) electrons. The van der Waals surface area contributed by atoms with Crippen molar-refractivity contribution in [1.29, 1.82) is 0 Å². The Morgan fingerprint density at radius 3 is 2.82 bits per heavy atom. The lowest BCUT2D eigenvalue weighted by molar-refractivity contribution is -0.127. The summed E-state index contributed by atoms with van der Waals surface area (Å²) in [7, 11) is 5.55. The fourth-order valence-corrected chi connectivity index (χ4v) is 4.45. The predicted octanol–water partition coefficient (Wildman–Crippen LogP) is 2.77. The van der Waals surface area contributed by atoms with Crippen LogP contribution >= 0.6 is 0 Å². The first-order chi connectivity index (χ1) is 16.4. The van der Waals surface area contributed by atoms with Gasteiger partial charge in [0.1, 0.15) is 5.69 Å². The highest BCUT2D eigenvalue weighted by Crippen LogP contribution is 2.34. The summed E-state index contributed by atoms with van der Waals surface area (Å²) in [5.74, 6) is 1.18. The number of likely N-dealkylation sites (N-methyl/N-ethyl adjacent to an activating group) is 1. The van der Waals surface area contributed by atoms with Gasteiger partial charge in [0.25, 0.3) is 5.56 Å². The van der Waals surface area contributed by atoms with Gasteiger partial charge in [-0.1, -0.05) is 6.08 Å². The summed E-state index contributed by atoms with van der Waals surface area (Å²) in [6, 6.07) is 5.85. The highest BCUT2D eigenvalue weighted by molar-refractivity contribution is 5.87. The summed E-state index contributed by atoms with van der Waals surface area (Å²) in [6.07, 6.45) is 11.3. The van der Waals surface area contributed by atoms with Crippen molar-refractivity contribution in [3.05, 3.63) is 53.1 Å². The minimum atomic E-state index is -0.0975. The first-order valence-corrected chi connectivity index (χ1v) is 12.0. The van der Waals surface area contributed by atoms with Crippen LogP contribution in [0.3, 0.4) is 0 Å². The Morgan fingerprint density at radius 1 is 1.26 bits per heavy atom. The Bertz CT molecular complexity index is 1080. The Labute approximate surface area is 201 Å². The molecular weight excluding hydrogens is 430 g/mol. The largest absolute Gasteiger partial charge is 0.481 e. The van der Waals surface area contributed by atoms with Crippen molar-refractivity contribution in [3.8, 4) is 17.0 Å². The maximum Gasteiger partial charge on any atom is 0.271 e. The number of carbonyl (C=O) groups is 1. The zero-order valence-electron chi connectivity index (χ0n) is 20.4. The number of pyridine rings is 2. The first kappa shape index (κ1) is 24.0. The number of nitrogens with zero attached hydrogens (tertiary/aromatic N) is 4. The zero-order valence-corrected chi connectivity index (χ0v) is 20.4. The zero-order chi connectivity index (χ0) is 24.1. The van der Waals surface area contributed by atoms with E-state index in [2.05, 4.69) is 14.9 Å². The lowest BCUT2D eigenvalue weighted by Crippen LogP contribution is -2.51. The number of carbonyl (C=O) groups excluding carboxylic acids is 1. The van der Waals surface area contributed by atoms with E-state index in [1.165, 1.54) is 12.8 Å². The third-order valence-corrected chi connectivity index (χ3v) is 6.50. The van der Waals surface area contributed by atoms with Gasteiger partial charge in [-0.05, 0) is 63.4 Å². The van der Waals surface area contributed by atoms with E-state index in [1.54, 1.807) is 25.6 Å². The number of hydrogen-bond acceptors (Lipinski definition) is 6. The molecule has 3 heterocycles. The molecule has 1 amide bonds. The summed E-state index contributed by atoms with van der Waals surface area (Å²) < 4.78 is 5.27. The second-order valence-electron chi connectivity index (χ2n) is 9.53. The van der Waals surface area contributed by atoms with Crippen LogP contribution in [0.2, 0.25) is 0 Å². The van der Waals surface area contributed by atoms with Gasteiger partial charge in [0, 0.05) is 62.3 Å². The molecule has 2 fully saturated rings. The lowest BCUT2D eigenvalue weighted by atomic mass is 10.0. The van der Waals surface area contributed by atoms with Gasteiger partial charge >= 0.3 is 0 Å². The molecule has 0 bridgehead atoms. The number of anilines is 1. The monoisotopic (exact) mass is 465 g/mol. The molecule has 1 aliphatic heterocycles. The third-order valence-electron chi connectivity index (χ3n) is 6.50. The molecule has 1 unspecified atom stereocenters. The summed E-state index contributed by atoms with van der Waals surface area (Å²) in [5.41, 5.74) is 2.41. The van der Waals surface area contributed by atoms with Gasteiger partial charge in [-0.15, -0.1) is 0 Å². The van der Waals surface area contributed by atoms with E-state index in [9.17, 15) is 9.59 Å². The number of likely N-dealkylation sites (tertiary alicyclic amines) is 1. The van der Waals surface area contributed by atoms with E-state index in [4.69, 9.17) is 4.74 Å². The van der Waals surface area contributed by atoms with E-state index in [0.717, 1.165) is 43.6 Å². The Balaban J connectivity index is 1.58. The summed E-state index contributed by atoms with van der Waals surface area (Å²) in [5, 5.41) is 0. The van der Waals surface area contributed by atoms with Crippen LogP contribution in [0.5, 0.6) is 5.88 Å². The number of methoxy groups -OCH3 is 1. The third kappa shape index (κ3) is 6.05. The normalized spacial score (nSPS) is 18.5. The predicted molar refractivity (Wildman–Crippen MR) is 134 cm³/mol. The molecule has 8 heteroatoms. The molecule has 1 saturated heterocycles. The SMILES string of the molecule is COc1cc(-c2c[nH]c(=O)c(N(CC3CC3)C3CCCN(C(=O)/C=C/CN(C)C)C3)c2)ccn1. The van der Waals surface area contributed by atoms with Crippen LogP contribution in [0.15, 0.2) is 47.5 Å². The lowest BCUT2D eigenvalue weighted by Gasteiger charge is -2.40. The number of hydrogen-bond donors (Lipinski definition) is 1. The van der Waals surface area contributed by atoms with E-state index in [-0.39, 0.29) is 17.5 Å². The summed E-state index contributed by atoms with van der Waals surface area (Å²) in [4.78, 5) is 39.1. The van der Waals surface area contributed by atoms with Crippen molar-refractivity contribution in [3.63, 3.8) is 0 Å². The van der Waals surface area contributed by atoms with Gasteiger partial charge in [0.05, 0.1) is 7.11 Å². The van der Waals surface area contributed by atoms with Crippen molar-refractivity contribution in [1.82, 2.24) is 19.8 Å². The Hall–Kier alpha value is -3.13. The molecule has 1 aliphatic carbocycles. The topological polar surface area (TPSA) is 81.8 Å². The van der Waals surface area contributed by atoms with Crippen molar-refractivity contribution >= 4 is 11.6 Å². The van der Waals surface area contributed by atoms with Crippen LogP contribution in [0, 0.1) is 5.92 Å². The molecule has 1 atom stereocenters. The highest BCUT2D eigenvalue weighted by Gasteiger charge is 2.33. The van der Waals surface area contributed by atoms with Gasteiger partial charge < -0.3 is 24.4 Å². The number of aromatic amines is 1. The molecule has 2 aliphatic rings. The number of piperidine rings is 1. The fraction of sp³-hybridized carbons (Fsp3) is 0.500. The smallest absolute Gasteiger partial charge is 0.271 e. The summed E-state index contributed by atoms with van der Waals surface area (Å²) in [6.45, 7) is 2.96. The second-order valence-corrected chi connectivity index (χ2v) is 9.53. The number of amides is 1. The molecular formula is C26H35N5O3.